The number of aromatic nitrogens is 1. The second-order valence-electron chi connectivity index (χ2n) is 10.2. The molecule has 0 atom stereocenters. The molecular weight excluding hydrogens is 484 g/mol. The zero-order valence-corrected chi connectivity index (χ0v) is 21.8. The number of aromatic amines is 1. The molecule has 0 spiro atoms. The van der Waals surface area contributed by atoms with Crippen LogP contribution in [0.15, 0.2) is 42.5 Å². The van der Waals surface area contributed by atoms with E-state index in [1.165, 1.54) is 0 Å². The maximum atomic E-state index is 13.0. The van der Waals surface area contributed by atoms with Crippen LogP contribution in [0, 0.1) is 18.8 Å². The van der Waals surface area contributed by atoms with E-state index in [-0.39, 0.29) is 23.7 Å². The summed E-state index contributed by atoms with van der Waals surface area (Å²) in [7, 11) is 1.61. The van der Waals surface area contributed by atoms with Crippen molar-refractivity contribution in [1.82, 2.24) is 9.88 Å². The lowest BCUT2D eigenvalue weighted by Crippen LogP contribution is -2.50. The van der Waals surface area contributed by atoms with Crippen molar-refractivity contribution < 1.29 is 24.2 Å². The van der Waals surface area contributed by atoms with Crippen molar-refractivity contribution in [2.24, 2.45) is 11.8 Å². The first-order valence-corrected chi connectivity index (χ1v) is 13.2. The Morgan fingerprint density at radius 3 is 2.24 bits per heavy atom. The number of hydrogen-bond donors (Lipinski definition) is 3. The number of carboxylic acid groups (broad SMARTS) is 1. The molecule has 2 heterocycles. The summed E-state index contributed by atoms with van der Waals surface area (Å²) in [6.07, 6.45) is 2.49. The summed E-state index contributed by atoms with van der Waals surface area (Å²) in [5.41, 5.74) is 3.93. The van der Waals surface area contributed by atoms with Crippen LogP contribution in [0.1, 0.15) is 41.7 Å². The number of aryl methyl sites for hydroxylation is 1. The zero-order chi connectivity index (χ0) is 26.8. The second-order valence-corrected chi connectivity index (χ2v) is 10.2. The fourth-order valence-electron chi connectivity index (χ4n) is 5.70. The molecule has 1 aromatic heterocycles. The summed E-state index contributed by atoms with van der Waals surface area (Å²) in [6, 6.07) is 13.5. The van der Waals surface area contributed by atoms with Gasteiger partial charge in [0.25, 0.3) is 5.91 Å². The number of hydrogen-bond acceptors (Lipinski definition) is 5. The summed E-state index contributed by atoms with van der Waals surface area (Å²) in [5, 5.41) is 13.1. The summed E-state index contributed by atoms with van der Waals surface area (Å²) >= 11 is 0. The van der Waals surface area contributed by atoms with Gasteiger partial charge in [0, 0.05) is 48.9 Å². The van der Waals surface area contributed by atoms with Crippen molar-refractivity contribution in [1.29, 1.82) is 0 Å². The van der Waals surface area contributed by atoms with E-state index in [2.05, 4.69) is 15.2 Å². The number of carboxylic acids is 1. The van der Waals surface area contributed by atoms with Crippen LogP contribution in [0.25, 0.3) is 10.9 Å². The Kier molecular flexibility index (Phi) is 7.26. The van der Waals surface area contributed by atoms with E-state index < -0.39 is 5.97 Å². The number of ether oxygens (including phenoxy) is 1. The lowest BCUT2D eigenvalue weighted by molar-refractivity contribution is -0.145. The van der Waals surface area contributed by atoms with E-state index in [4.69, 9.17) is 4.74 Å². The van der Waals surface area contributed by atoms with Gasteiger partial charge in [-0.2, -0.15) is 0 Å². The first-order valence-electron chi connectivity index (χ1n) is 13.2. The van der Waals surface area contributed by atoms with E-state index in [0.29, 0.717) is 55.9 Å². The normalized spacial score (nSPS) is 19.8. The molecule has 2 aliphatic rings. The largest absolute Gasteiger partial charge is 0.495 e. The minimum absolute atomic E-state index is 0.0537. The maximum absolute atomic E-state index is 13.0. The molecule has 1 aliphatic carbocycles. The van der Waals surface area contributed by atoms with Crippen LogP contribution < -0.4 is 15.0 Å². The molecule has 0 radical (unpaired) electrons. The molecule has 9 nitrogen and oxygen atoms in total. The molecule has 3 aromatic rings. The molecule has 200 valence electrons. The van der Waals surface area contributed by atoms with E-state index >= 15 is 0 Å². The van der Waals surface area contributed by atoms with E-state index in [1.807, 2.05) is 54.3 Å². The van der Waals surface area contributed by atoms with Crippen LogP contribution >= 0.6 is 0 Å². The Hall–Kier alpha value is -4.01. The smallest absolute Gasteiger partial charge is 0.306 e. The Morgan fingerprint density at radius 2 is 1.61 bits per heavy atom. The van der Waals surface area contributed by atoms with Gasteiger partial charge >= 0.3 is 5.97 Å². The number of H-pyrrole nitrogens is 1. The highest BCUT2D eigenvalue weighted by atomic mass is 16.5. The number of nitrogens with one attached hydrogen (secondary N) is 2. The number of para-hydroxylation sites is 1. The molecule has 3 N–H and O–H groups in total. The van der Waals surface area contributed by atoms with Gasteiger partial charge in [-0.15, -0.1) is 0 Å². The quantitative estimate of drug-likeness (QED) is 0.449. The average molecular weight is 519 g/mol. The minimum atomic E-state index is -0.747. The SMILES string of the molecule is COc1cccc2c(C)c(C(=O)Nc3ccc(N4CCN(C(=O)C5CCC(C(=O)O)CC5)CC4)cc3)[nH]c12. The van der Waals surface area contributed by atoms with Crippen LogP contribution in [0.4, 0.5) is 11.4 Å². The molecule has 0 unspecified atom stereocenters. The van der Waals surface area contributed by atoms with Gasteiger partial charge in [-0.25, -0.2) is 0 Å². The van der Waals surface area contributed by atoms with Gasteiger partial charge in [0.1, 0.15) is 11.4 Å². The third-order valence-electron chi connectivity index (χ3n) is 8.01. The molecule has 0 bridgehead atoms. The Bertz CT molecular complexity index is 1330. The van der Waals surface area contributed by atoms with Crippen LogP contribution in [0.5, 0.6) is 5.75 Å². The Labute approximate surface area is 221 Å². The number of benzene rings is 2. The highest BCUT2D eigenvalue weighted by molar-refractivity contribution is 6.08. The van der Waals surface area contributed by atoms with Gasteiger partial charge in [0.2, 0.25) is 5.91 Å². The topological polar surface area (TPSA) is 115 Å². The molecule has 2 aromatic carbocycles. The van der Waals surface area contributed by atoms with Gasteiger partial charge in [0.05, 0.1) is 18.5 Å². The second kappa shape index (κ2) is 10.8. The number of piperazine rings is 1. The Morgan fingerprint density at radius 1 is 0.947 bits per heavy atom. The molecular formula is C29H34N4O5. The van der Waals surface area contributed by atoms with Gasteiger partial charge in [-0.3, -0.25) is 14.4 Å². The molecule has 9 heteroatoms. The molecule has 1 saturated carbocycles. The lowest BCUT2D eigenvalue weighted by Gasteiger charge is -2.38. The van der Waals surface area contributed by atoms with Gasteiger partial charge in [-0.1, -0.05) is 12.1 Å². The highest BCUT2D eigenvalue weighted by Crippen LogP contribution is 2.32. The molecule has 2 amide bonds. The number of methoxy groups -OCH3 is 1. The summed E-state index contributed by atoms with van der Waals surface area (Å²) in [5.74, 6) is -0.458. The van der Waals surface area contributed by atoms with E-state index in [1.54, 1.807) is 7.11 Å². The van der Waals surface area contributed by atoms with E-state index in [9.17, 15) is 19.5 Å². The van der Waals surface area contributed by atoms with Crippen LogP contribution in [0.2, 0.25) is 0 Å². The number of aliphatic carboxylic acids is 1. The number of carbonyl (C=O) groups excluding carboxylic acids is 2. The van der Waals surface area contributed by atoms with Crippen molar-refractivity contribution in [2.45, 2.75) is 32.6 Å². The first-order chi connectivity index (χ1) is 18.4. The van der Waals surface area contributed by atoms with Crippen molar-refractivity contribution in [3.63, 3.8) is 0 Å². The summed E-state index contributed by atoms with van der Waals surface area (Å²) < 4.78 is 5.42. The number of fused-ring (bicyclic) bond motifs is 1. The third-order valence-corrected chi connectivity index (χ3v) is 8.01. The maximum Gasteiger partial charge on any atom is 0.306 e. The number of rotatable bonds is 6. The summed E-state index contributed by atoms with van der Waals surface area (Å²) in [6.45, 7) is 4.69. The number of anilines is 2. The summed E-state index contributed by atoms with van der Waals surface area (Å²) in [4.78, 5) is 44.5. The lowest BCUT2D eigenvalue weighted by atomic mass is 9.81. The average Bonchev–Trinajstić information content (AvgIpc) is 3.30. The molecule has 5 rings (SSSR count). The highest BCUT2D eigenvalue weighted by Gasteiger charge is 2.33. The van der Waals surface area contributed by atoms with Crippen LogP contribution in [-0.4, -0.2) is 66.1 Å². The standard InChI is InChI=1S/C29H34N4O5/c1-18-23-4-3-5-24(38-2)26(23)31-25(18)27(34)30-21-10-12-22(13-11-21)32-14-16-33(17-15-32)28(35)19-6-8-20(9-7-19)29(36)37/h3-5,10-13,19-20,31H,6-9,14-17H2,1-2H3,(H,30,34)(H,36,37). The molecule has 38 heavy (non-hydrogen) atoms. The predicted molar refractivity (Wildman–Crippen MR) is 146 cm³/mol. The predicted octanol–water partition coefficient (Wildman–Crippen LogP) is 4.28. The minimum Gasteiger partial charge on any atom is -0.495 e. The first kappa shape index (κ1) is 25.6. The number of carbonyl (C=O) groups is 3. The van der Waals surface area contributed by atoms with Crippen molar-refractivity contribution in [3.05, 3.63) is 53.7 Å². The number of nitrogens with zero attached hydrogens (tertiary/aromatic N) is 2. The number of amides is 2. The fourth-order valence-corrected chi connectivity index (χ4v) is 5.70. The van der Waals surface area contributed by atoms with Crippen molar-refractivity contribution in [3.8, 4) is 5.75 Å². The molecule has 1 aliphatic heterocycles. The van der Waals surface area contributed by atoms with Gasteiger partial charge in [0.15, 0.2) is 0 Å². The van der Waals surface area contributed by atoms with Crippen molar-refractivity contribution >= 4 is 40.1 Å². The molecule has 2 fully saturated rings. The van der Waals surface area contributed by atoms with Crippen LogP contribution in [-0.2, 0) is 9.59 Å². The van der Waals surface area contributed by atoms with E-state index in [0.717, 1.165) is 35.2 Å². The molecule has 1 saturated heterocycles. The van der Waals surface area contributed by atoms with Crippen LogP contribution in [0.3, 0.4) is 0 Å². The van der Waals surface area contributed by atoms with Gasteiger partial charge in [-0.05, 0) is 68.5 Å². The van der Waals surface area contributed by atoms with Gasteiger partial charge < -0.3 is 29.9 Å². The Balaban J connectivity index is 1.16. The zero-order valence-electron chi connectivity index (χ0n) is 21.8. The monoisotopic (exact) mass is 518 g/mol. The third kappa shape index (κ3) is 5.05. The fraction of sp³-hybridized carbons (Fsp3) is 0.414. The van der Waals surface area contributed by atoms with Crippen molar-refractivity contribution in [2.75, 3.05) is 43.5 Å².